The summed E-state index contributed by atoms with van der Waals surface area (Å²) in [5, 5.41) is 14.9. The standard InChI is InChI=1S/C15H29N3O3/c1-4-15(5-2,13(19)20)11-16-14(21)17-12(3)10-18-8-6-7-9-18/h12H,4-11H2,1-3H3,(H,19,20)(H2,16,17,21). The van der Waals surface area contributed by atoms with Crippen molar-refractivity contribution < 1.29 is 14.7 Å². The average molecular weight is 299 g/mol. The second-order valence-electron chi connectivity index (χ2n) is 6.03. The number of carboxylic acids is 1. The number of urea groups is 1. The number of carbonyl (C=O) groups is 2. The van der Waals surface area contributed by atoms with Crippen LogP contribution in [0, 0.1) is 5.41 Å². The van der Waals surface area contributed by atoms with Crippen molar-refractivity contribution >= 4 is 12.0 Å². The van der Waals surface area contributed by atoms with Crippen LogP contribution in [0.4, 0.5) is 4.79 Å². The number of hydrogen-bond donors (Lipinski definition) is 3. The summed E-state index contributed by atoms with van der Waals surface area (Å²) in [5.41, 5.74) is -0.866. The minimum atomic E-state index is -0.866. The van der Waals surface area contributed by atoms with Gasteiger partial charge in [-0.25, -0.2) is 4.79 Å². The lowest BCUT2D eigenvalue weighted by Crippen LogP contribution is -2.49. The number of nitrogens with one attached hydrogen (secondary N) is 2. The van der Waals surface area contributed by atoms with Crippen LogP contribution in [-0.4, -0.2) is 54.2 Å². The molecule has 1 heterocycles. The fraction of sp³-hybridized carbons (Fsp3) is 0.867. The number of aliphatic carboxylic acids is 1. The molecule has 21 heavy (non-hydrogen) atoms. The van der Waals surface area contributed by atoms with Crippen LogP contribution in [0.3, 0.4) is 0 Å². The number of carboxylic acid groups (broad SMARTS) is 1. The number of amides is 2. The zero-order chi connectivity index (χ0) is 15.9. The SMILES string of the molecule is CCC(CC)(CNC(=O)NC(C)CN1CCCC1)C(=O)O. The second-order valence-corrected chi connectivity index (χ2v) is 6.03. The molecule has 1 atom stereocenters. The summed E-state index contributed by atoms with van der Waals surface area (Å²) < 4.78 is 0. The molecule has 0 spiro atoms. The Morgan fingerprint density at radius 3 is 2.29 bits per heavy atom. The molecule has 0 aromatic carbocycles. The zero-order valence-electron chi connectivity index (χ0n) is 13.4. The van der Waals surface area contributed by atoms with E-state index in [1.807, 2.05) is 20.8 Å². The van der Waals surface area contributed by atoms with Gasteiger partial charge in [0.1, 0.15) is 0 Å². The zero-order valence-corrected chi connectivity index (χ0v) is 13.4. The molecule has 1 fully saturated rings. The molecule has 122 valence electrons. The summed E-state index contributed by atoms with van der Waals surface area (Å²) in [6.45, 7) is 8.86. The Bertz CT molecular complexity index is 350. The molecule has 1 aliphatic heterocycles. The molecule has 0 aromatic heterocycles. The molecule has 1 unspecified atom stereocenters. The van der Waals surface area contributed by atoms with Crippen molar-refractivity contribution in [2.45, 2.75) is 52.5 Å². The smallest absolute Gasteiger partial charge is 0.315 e. The topological polar surface area (TPSA) is 81.7 Å². The van der Waals surface area contributed by atoms with Crippen LogP contribution in [-0.2, 0) is 4.79 Å². The first-order valence-electron chi connectivity index (χ1n) is 7.93. The van der Waals surface area contributed by atoms with E-state index < -0.39 is 11.4 Å². The van der Waals surface area contributed by atoms with Gasteiger partial charge in [-0.1, -0.05) is 13.8 Å². The van der Waals surface area contributed by atoms with E-state index in [1.165, 1.54) is 12.8 Å². The van der Waals surface area contributed by atoms with Gasteiger partial charge in [-0.05, 0) is 45.7 Å². The summed E-state index contributed by atoms with van der Waals surface area (Å²) in [6.07, 6.45) is 3.46. The molecule has 3 N–H and O–H groups in total. The van der Waals surface area contributed by atoms with Crippen LogP contribution in [0.15, 0.2) is 0 Å². The van der Waals surface area contributed by atoms with E-state index in [2.05, 4.69) is 15.5 Å². The number of likely N-dealkylation sites (tertiary alicyclic amines) is 1. The quantitative estimate of drug-likeness (QED) is 0.636. The van der Waals surface area contributed by atoms with Crippen LogP contribution in [0.1, 0.15) is 46.5 Å². The maximum Gasteiger partial charge on any atom is 0.315 e. The molecule has 6 heteroatoms. The van der Waals surface area contributed by atoms with Gasteiger partial charge < -0.3 is 20.6 Å². The van der Waals surface area contributed by atoms with Crippen molar-refractivity contribution in [1.82, 2.24) is 15.5 Å². The van der Waals surface area contributed by atoms with Gasteiger partial charge in [0.25, 0.3) is 0 Å². The highest BCUT2D eigenvalue weighted by atomic mass is 16.4. The Labute approximate surface area is 127 Å². The Morgan fingerprint density at radius 1 is 1.24 bits per heavy atom. The Morgan fingerprint density at radius 2 is 1.81 bits per heavy atom. The molecule has 1 aliphatic rings. The Balaban J connectivity index is 2.36. The summed E-state index contributed by atoms with van der Waals surface area (Å²) in [5.74, 6) is -0.849. The van der Waals surface area contributed by atoms with E-state index >= 15 is 0 Å². The predicted molar refractivity (Wildman–Crippen MR) is 82.3 cm³/mol. The van der Waals surface area contributed by atoms with Crippen LogP contribution in [0.25, 0.3) is 0 Å². The minimum absolute atomic E-state index is 0.0607. The fourth-order valence-corrected chi connectivity index (χ4v) is 2.80. The number of carbonyl (C=O) groups excluding carboxylic acids is 1. The first kappa shape index (κ1) is 17.8. The third-order valence-electron chi connectivity index (χ3n) is 4.50. The lowest BCUT2D eigenvalue weighted by molar-refractivity contribution is -0.149. The third-order valence-corrected chi connectivity index (χ3v) is 4.50. The van der Waals surface area contributed by atoms with E-state index in [4.69, 9.17) is 0 Å². The van der Waals surface area contributed by atoms with Gasteiger partial charge in [-0.2, -0.15) is 0 Å². The molecule has 0 saturated carbocycles. The number of hydrogen-bond acceptors (Lipinski definition) is 3. The number of rotatable bonds is 8. The summed E-state index contributed by atoms with van der Waals surface area (Å²) in [7, 11) is 0. The molecule has 6 nitrogen and oxygen atoms in total. The first-order valence-corrected chi connectivity index (χ1v) is 7.93. The highest BCUT2D eigenvalue weighted by Crippen LogP contribution is 2.25. The lowest BCUT2D eigenvalue weighted by atomic mass is 9.82. The van der Waals surface area contributed by atoms with Gasteiger partial charge in [0.05, 0.1) is 5.41 Å². The molecular formula is C15H29N3O3. The minimum Gasteiger partial charge on any atom is -0.481 e. The van der Waals surface area contributed by atoms with Crippen LogP contribution in [0.5, 0.6) is 0 Å². The lowest BCUT2D eigenvalue weighted by Gasteiger charge is -2.27. The highest BCUT2D eigenvalue weighted by Gasteiger charge is 2.35. The maximum atomic E-state index is 11.9. The van der Waals surface area contributed by atoms with E-state index in [-0.39, 0.29) is 18.6 Å². The van der Waals surface area contributed by atoms with Crippen LogP contribution >= 0.6 is 0 Å². The summed E-state index contributed by atoms with van der Waals surface area (Å²) in [6, 6.07) is -0.222. The second kappa shape index (κ2) is 8.22. The number of nitrogens with zero attached hydrogens (tertiary/aromatic N) is 1. The third kappa shape index (κ3) is 5.19. The molecule has 1 saturated heterocycles. The first-order chi connectivity index (χ1) is 9.93. The molecule has 0 aliphatic carbocycles. The van der Waals surface area contributed by atoms with Crippen molar-refractivity contribution in [2.24, 2.45) is 5.41 Å². The predicted octanol–water partition coefficient (Wildman–Crippen LogP) is 1.66. The van der Waals surface area contributed by atoms with Gasteiger partial charge in [0.2, 0.25) is 0 Å². The van der Waals surface area contributed by atoms with Gasteiger partial charge in [-0.3, -0.25) is 4.79 Å². The van der Waals surface area contributed by atoms with Crippen LogP contribution < -0.4 is 10.6 Å². The molecule has 0 bridgehead atoms. The van der Waals surface area contributed by atoms with Crippen molar-refractivity contribution in [1.29, 1.82) is 0 Å². The van der Waals surface area contributed by atoms with E-state index in [1.54, 1.807) is 0 Å². The Hall–Kier alpha value is -1.30. The van der Waals surface area contributed by atoms with E-state index in [0.29, 0.717) is 12.8 Å². The summed E-state index contributed by atoms with van der Waals surface area (Å²) >= 11 is 0. The van der Waals surface area contributed by atoms with Gasteiger partial charge in [0.15, 0.2) is 0 Å². The molecular weight excluding hydrogens is 270 g/mol. The van der Waals surface area contributed by atoms with Crippen molar-refractivity contribution in [2.75, 3.05) is 26.2 Å². The molecule has 1 rings (SSSR count). The maximum absolute atomic E-state index is 11.9. The monoisotopic (exact) mass is 299 g/mol. The van der Waals surface area contributed by atoms with Gasteiger partial charge in [-0.15, -0.1) is 0 Å². The largest absolute Gasteiger partial charge is 0.481 e. The summed E-state index contributed by atoms with van der Waals surface area (Å²) in [4.78, 5) is 25.6. The van der Waals surface area contributed by atoms with Gasteiger partial charge >= 0.3 is 12.0 Å². The molecule has 0 aromatic rings. The van der Waals surface area contributed by atoms with Crippen molar-refractivity contribution in [3.63, 3.8) is 0 Å². The van der Waals surface area contributed by atoms with Crippen LogP contribution in [0.2, 0.25) is 0 Å². The van der Waals surface area contributed by atoms with Crippen molar-refractivity contribution in [3.05, 3.63) is 0 Å². The average Bonchev–Trinajstić information content (AvgIpc) is 2.92. The fourth-order valence-electron chi connectivity index (χ4n) is 2.80. The van der Waals surface area contributed by atoms with Gasteiger partial charge in [0, 0.05) is 19.1 Å². The van der Waals surface area contributed by atoms with E-state index in [0.717, 1.165) is 19.6 Å². The normalized spacial score (nSPS) is 17.5. The molecule has 2 amide bonds. The Kier molecular flexibility index (Phi) is 6.95. The highest BCUT2D eigenvalue weighted by molar-refractivity contribution is 5.78. The van der Waals surface area contributed by atoms with Crippen molar-refractivity contribution in [3.8, 4) is 0 Å². The molecule has 0 radical (unpaired) electrons. The van der Waals surface area contributed by atoms with E-state index in [9.17, 15) is 14.7 Å².